The minimum absolute atomic E-state index is 0.353. The maximum atomic E-state index is 12.4. The van der Waals surface area contributed by atoms with E-state index in [4.69, 9.17) is 0 Å². The molecule has 1 aromatic carbocycles. The van der Waals surface area contributed by atoms with Crippen molar-refractivity contribution in [2.24, 2.45) is 0 Å². The van der Waals surface area contributed by atoms with Crippen LogP contribution in [0.5, 0.6) is 0 Å². The lowest BCUT2D eigenvalue weighted by atomic mass is 10.1. The van der Waals surface area contributed by atoms with Gasteiger partial charge < -0.3 is 5.32 Å². The third-order valence-electron chi connectivity index (χ3n) is 4.59. The Morgan fingerprint density at radius 3 is 2.71 bits per heavy atom. The van der Waals surface area contributed by atoms with Crippen molar-refractivity contribution in [1.82, 2.24) is 9.21 Å². The molecule has 0 radical (unpaired) electrons. The summed E-state index contributed by atoms with van der Waals surface area (Å²) in [5.41, 5.74) is 0.727. The van der Waals surface area contributed by atoms with E-state index in [9.17, 15) is 8.42 Å². The number of nitrogens with one attached hydrogen (secondary N) is 1. The van der Waals surface area contributed by atoms with Gasteiger partial charge in [-0.1, -0.05) is 12.1 Å². The van der Waals surface area contributed by atoms with Crippen LogP contribution in [0.25, 0.3) is 0 Å². The number of hydrogen-bond donors (Lipinski definition) is 1. The molecule has 0 spiro atoms. The number of benzene rings is 1. The van der Waals surface area contributed by atoms with E-state index in [1.807, 2.05) is 12.1 Å². The number of para-hydroxylation sites is 1. The average molecular weight is 309 g/mol. The Morgan fingerprint density at radius 1 is 1.19 bits per heavy atom. The van der Waals surface area contributed by atoms with Gasteiger partial charge in [0.1, 0.15) is 4.90 Å². The molecule has 0 bridgehead atoms. The molecule has 2 saturated heterocycles. The number of fused-ring (bicyclic) bond motifs is 1. The topological polar surface area (TPSA) is 52.7 Å². The fraction of sp³-hybridized carbons (Fsp3) is 0.600. The molecule has 2 unspecified atom stereocenters. The smallest absolute Gasteiger partial charge is 0.244 e. The summed E-state index contributed by atoms with van der Waals surface area (Å²) in [6, 6.07) is 8.12. The summed E-state index contributed by atoms with van der Waals surface area (Å²) in [6.07, 6.45) is 3.54. The van der Waals surface area contributed by atoms with E-state index in [1.54, 1.807) is 26.2 Å². The predicted molar refractivity (Wildman–Crippen MR) is 83.9 cm³/mol. The first-order valence-corrected chi connectivity index (χ1v) is 8.96. The van der Waals surface area contributed by atoms with Gasteiger partial charge in [-0.2, -0.15) is 0 Å². The molecule has 0 amide bonds. The molecule has 116 valence electrons. The number of nitrogens with zero attached hydrogens (tertiary/aromatic N) is 2. The molecule has 0 saturated carbocycles. The molecule has 1 aromatic rings. The van der Waals surface area contributed by atoms with Gasteiger partial charge in [0.25, 0.3) is 0 Å². The molecule has 2 atom stereocenters. The monoisotopic (exact) mass is 309 g/mol. The molecule has 21 heavy (non-hydrogen) atoms. The summed E-state index contributed by atoms with van der Waals surface area (Å²) < 4.78 is 26.1. The van der Waals surface area contributed by atoms with Crippen LogP contribution in [-0.2, 0) is 10.0 Å². The van der Waals surface area contributed by atoms with E-state index >= 15 is 0 Å². The second-order valence-electron chi connectivity index (χ2n) is 6.07. The van der Waals surface area contributed by atoms with Crippen LogP contribution in [-0.4, -0.2) is 56.9 Å². The van der Waals surface area contributed by atoms with Crippen molar-refractivity contribution in [2.45, 2.75) is 36.2 Å². The molecule has 0 aromatic heterocycles. The van der Waals surface area contributed by atoms with Gasteiger partial charge >= 0.3 is 0 Å². The van der Waals surface area contributed by atoms with Gasteiger partial charge in [-0.15, -0.1) is 0 Å². The number of anilines is 1. The van der Waals surface area contributed by atoms with Gasteiger partial charge in [0.2, 0.25) is 10.0 Å². The molecule has 5 nitrogen and oxygen atoms in total. The Labute approximate surface area is 127 Å². The summed E-state index contributed by atoms with van der Waals surface area (Å²) in [7, 11) is -0.274. The predicted octanol–water partition coefficient (Wildman–Crippen LogP) is 1.59. The van der Waals surface area contributed by atoms with Gasteiger partial charge in [0.15, 0.2) is 0 Å². The zero-order chi connectivity index (χ0) is 15.0. The molecule has 6 heteroatoms. The molecule has 0 aliphatic carbocycles. The lowest BCUT2D eigenvalue weighted by Gasteiger charge is -2.24. The fourth-order valence-corrected chi connectivity index (χ4v) is 4.51. The van der Waals surface area contributed by atoms with Gasteiger partial charge in [-0.25, -0.2) is 12.7 Å². The summed E-state index contributed by atoms with van der Waals surface area (Å²) in [4.78, 5) is 2.88. The average Bonchev–Trinajstić information content (AvgIpc) is 3.04. The van der Waals surface area contributed by atoms with Gasteiger partial charge in [-0.3, -0.25) is 4.90 Å². The zero-order valence-corrected chi connectivity index (χ0v) is 13.4. The first-order valence-electron chi connectivity index (χ1n) is 7.52. The molecule has 2 heterocycles. The Morgan fingerprint density at radius 2 is 1.95 bits per heavy atom. The Kier molecular flexibility index (Phi) is 3.94. The molecular formula is C15H23N3O2S. The van der Waals surface area contributed by atoms with Crippen LogP contribution >= 0.6 is 0 Å². The van der Waals surface area contributed by atoms with E-state index in [0.29, 0.717) is 17.0 Å². The SMILES string of the molecule is CN(C)S(=O)(=O)c1ccccc1NC1CCN2CCCC12. The van der Waals surface area contributed by atoms with Crippen LogP contribution in [0.4, 0.5) is 5.69 Å². The highest BCUT2D eigenvalue weighted by atomic mass is 32.2. The maximum Gasteiger partial charge on any atom is 0.244 e. The number of rotatable bonds is 4. The second kappa shape index (κ2) is 5.59. The van der Waals surface area contributed by atoms with Crippen LogP contribution < -0.4 is 5.32 Å². The molecule has 2 aliphatic heterocycles. The zero-order valence-electron chi connectivity index (χ0n) is 12.6. The van der Waals surface area contributed by atoms with Crippen molar-refractivity contribution in [3.63, 3.8) is 0 Å². The first-order chi connectivity index (χ1) is 10.00. The summed E-state index contributed by atoms with van der Waals surface area (Å²) in [5, 5.41) is 3.49. The molecule has 2 aliphatic rings. The standard InChI is InChI=1S/C15H23N3O2S/c1-17(2)21(19,20)15-8-4-3-6-13(15)16-12-9-11-18-10-5-7-14(12)18/h3-4,6,8,12,14,16H,5,7,9-11H2,1-2H3. The van der Waals surface area contributed by atoms with E-state index in [2.05, 4.69) is 10.2 Å². The fourth-order valence-electron chi connectivity index (χ4n) is 3.46. The maximum absolute atomic E-state index is 12.4. The minimum Gasteiger partial charge on any atom is -0.380 e. The Hall–Kier alpha value is -1.11. The minimum atomic E-state index is -3.41. The lowest BCUT2D eigenvalue weighted by molar-refractivity contribution is 0.318. The van der Waals surface area contributed by atoms with Gasteiger partial charge in [0.05, 0.1) is 5.69 Å². The largest absolute Gasteiger partial charge is 0.380 e. The van der Waals surface area contributed by atoms with E-state index in [0.717, 1.165) is 18.7 Å². The highest BCUT2D eigenvalue weighted by Gasteiger charge is 2.37. The van der Waals surface area contributed by atoms with Crippen LogP contribution in [0.2, 0.25) is 0 Å². The third kappa shape index (κ3) is 2.67. The lowest BCUT2D eigenvalue weighted by Crippen LogP contribution is -2.34. The van der Waals surface area contributed by atoms with E-state index in [1.165, 1.54) is 23.7 Å². The highest BCUT2D eigenvalue weighted by molar-refractivity contribution is 7.89. The quantitative estimate of drug-likeness (QED) is 0.917. The Balaban J connectivity index is 1.87. The van der Waals surface area contributed by atoms with Crippen LogP contribution in [0.3, 0.4) is 0 Å². The van der Waals surface area contributed by atoms with E-state index in [-0.39, 0.29) is 0 Å². The van der Waals surface area contributed by atoms with Crippen LogP contribution in [0.15, 0.2) is 29.2 Å². The normalized spacial score (nSPS) is 26.2. The van der Waals surface area contributed by atoms with Crippen molar-refractivity contribution >= 4 is 15.7 Å². The van der Waals surface area contributed by atoms with Crippen molar-refractivity contribution in [3.05, 3.63) is 24.3 Å². The second-order valence-corrected chi connectivity index (χ2v) is 8.19. The molecule has 3 rings (SSSR count). The molecular weight excluding hydrogens is 286 g/mol. The molecule has 2 fully saturated rings. The van der Waals surface area contributed by atoms with Crippen molar-refractivity contribution < 1.29 is 8.42 Å². The summed E-state index contributed by atoms with van der Waals surface area (Å²) in [6.45, 7) is 2.30. The van der Waals surface area contributed by atoms with Crippen LogP contribution in [0.1, 0.15) is 19.3 Å². The van der Waals surface area contributed by atoms with Gasteiger partial charge in [-0.05, 0) is 37.9 Å². The molecule has 1 N–H and O–H groups in total. The highest BCUT2D eigenvalue weighted by Crippen LogP contribution is 2.32. The van der Waals surface area contributed by atoms with Crippen molar-refractivity contribution in [1.29, 1.82) is 0 Å². The van der Waals surface area contributed by atoms with E-state index < -0.39 is 10.0 Å². The van der Waals surface area contributed by atoms with Crippen molar-refractivity contribution in [3.8, 4) is 0 Å². The van der Waals surface area contributed by atoms with Crippen molar-refractivity contribution in [2.75, 3.05) is 32.5 Å². The number of hydrogen-bond acceptors (Lipinski definition) is 4. The number of sulfonamides is 1. The first kappa shape index (κ1) is 14.8. The van der Waals surface area contributed by atoms with Crippen LogP contribution in [0, 0.1) is 0 Å². The third-order valence-corrected chi connectivity index (χ3v) is 6.47. The summed E-state index contributed by atoms with van der Waals surface area (Å²) in [5.74, 6) is 0. The van der Waals surface area contributed by atoms with Gasteiger partial charge in [0, 0.05) is 32.7 Å². The summed E-state index contributed by atoms with van der Waals surface area (Å²) >= 11 is 0. The Bertz CT molecular complexity index is 615.